The van der Waals surface area contributed by atoms with E-state index in [0.29, 0.717) is 28.4 Å². The van der Waals surface area contributed by atoms with Crippen LogP contribution in [-0.4, -0.2) is 85.2 Å². The van der Waals surface area contributed by atoms with Gasteiger partial charge in [-0.05, 0) is 61.9 Å². The molecule has 0 spiro atoms. The highest BCUT2D eigenvalue weighted by Crippen LogP contribution is 2.33. The lowest BCUT2D eigenvalue weighted by Crippen LogP contribution is -2.48. The van der Waals surface area contributed by atoms with Gasteiger partial charge in [0, 0.05) is 48.6 Å². The predicted molar refractivity (Wildman–Crippen MR) is 169 cm³/mol. The number of nitrogens with one attached hydrogen (secondary N) is 2. The average molecular weight is 651 g/mol. The molecule has 238 valence electrons. The molecule has 44 heavy (non-hydrogen) atoms. The van der Waals surface area contributed by atoms with Crippen LogP contribution in [0, 0.1) is 11.8 Å². The molecule has 3 aromatic rings. The highest BCUT2D eigenvalue weighted by molar-refractivity contribution is 7.91. The van der Waals surface area contributed by atoms with Crippen molar-refractivity contribution in [2.24, 2.45) is 0 Å². The van der Waals surface area contributed by atoms with Crippen molar-refractivity contribution in [2.75, 3.05) is 55.1 Å². The van der Waals surface area contributed by atoms with Gasteiger partial charge in [0.15, 0.2) is 9.84 Å². The molecule has 5 rings (SSSR count). The molecular weight excluding hydrogens is 613 g/mol. The lowest BCUT2D eigenvalue weighted by molar-refractivity contribution is -0.140. The lowest BCUT2D eigenvalue weighted by atomic mass is 9.90. The van der Waals surface area contributed by atoms with E-state index < -0.39 is 33.7 Å². The number of rotatable bonds is 8. The lowest BCUT2D eigenvalue weighted by Gasteiger charge is -2.39. The van der Waals surface area contributed by atoms with Gasteiger partial charge in [-0.1, -0.05) is 23.2 Å². The summed E-state index contributed by atoms with van der Waals surface area (Å²) in [5.74, 6) is 7.61. The molecular formula is C31H37F3N4O4S2. The third kappa shape index (κ3) is 7.96. The first-order chi connectivity index (χ1) is 20.9. The van der Waals surface area contributed by atoms with Crippen LogP contribution in [0.2, 0.25) is 0 Å². The van der Waals surface area contributed by atoms with Crippen molar-refractivity contribution in [2.45, 2.75) is 55.4 Å². The summed E-state index contributed by atoms with van der Waals surface area (Å²) in [7, 11) is -1.99. The van der Waals surface area contributed by atoms with E-state index in [1.165, 1.54) is 23.8 Å². The van der Waals surface area contributed by atoms with Gasteiger partial charge in [-0.2, -0.15) is 13.2 Å². The molecule has 1 aliphatic carbocycles. The molecule has 0 atom stereocenters. The Bertz CT molecular complexity index is 1630. The van der Waals surface area contributed by atoms with E-state index in [4.69, 9.17) is 4.74 Å². The van der Waals surface area contributed by atoms with Crippen LogP contribution in [0.25, 0.3) is 10.9 Å². The smallest absolute Gasteiger partial charge is 0.406 e. The van der Waals surface area contributed by atoms with Gasteiger partial charge in [-0.25, -0.2) is 8.42 Å². The van der Waals surface area contributed by atoms with Crippen molar-refractivity contribution >= 4 is 43.3 Å². The minimum absolute atomic E-state index is 0.101. The zero-order chi connectivity index (χ0) is 31.5. The second kappa shape index (κ2) is 13.5. The number of halogens is 3. The Labute approximate surface area is 259 Å². The molecule has 2 N–H and O–H groups in total. The summed E-state index contributed by atoms with van der Waals surface area (Å²) in [5, 5.41) is 7.34. The van der Waals surface area contributed by atoms with E-state index in [0.717, 1.165) is 62.2 Å². The van der Waals surface area contributed by atoms with Crippen LogP contribution >= 0.6 is 0 Å². The monoisotopic (exact) mass is 650 g/mol. The van der Waals surface area contributed by atoms with Gasteiger partial charge in [0.25, 0.3) is 0 Å². The molecule has 13 heteroatoms. The third-order valence-corrected chi connectivity index (χ3v) is 10.6. The van der Waals surface area contributed by atoms with E-state index in [2.05, 4.69) is 27.4 Å². The Morgan fingerprint density at radius 2 is 1.80 bits per heavy atom. The Morgan fingerprint density at radius 1 is 1.07 bits per heavy atom. The van der Waals surface area contributed by atoms with Crippen molar-refractivity contribution < 1.29 is 30.9 Å². The van der Waals surface area contributed by atoms with Crippen LogP contribution in [0.15, 0.2) is 47.4 Å². The second-order valence-electron chi connectivity index (χ2n) is 11.3. The fraction of sp³-hybridized carbons (Fsp3) is 0.484. The Morgan fingerprint density at radius 3 is 2.45 bits per heavy atom. The summed E-state index contributed by atoms with van der Waals surface area (Å²) in [6.07, 6.45) is 0.641. The molecule has 0 radical (unpaired) electrons. The van der Waals surface area contributed by atoms with E-state index in [1.807, 2.05) is 6.07 Å². The third-order valence-electron chi connectivity index (χ3n) is 8.25. The summed E-state index contributed by atoms with van der Waals surface area (Å²) in [6, 6.07) is 12.2. The molecule has 2 aliphatic rings. The topological polar surface area (TPSA) is 98.7 Å². The predicted octanol–water partition coefficient (Wildman–Crippen LogP) is 4.87. The van der Waals surface area contributed by atoms with Crippen molar-refractivity contribution in [3.63, 3.8) is 0 Å². The maximum atomic E-state index is 13.6. The number of nitrogens with zero attached hydrogens (tertiary/aromatic N) is 2. The minimum Gasteiger partial charge on any atom is -0.616 e. The summed E-state index contributed by atoms with van der Waals surface area (Å²) in [5.41, 5.74) is 2.01. The van der Waals surface area contributed by atoms with Crippen molar-refractivity contribution in [1.29, 1.82) is 0 Å². The summed E-state index contributed by atoms with van der Waals surface area (Å²) in [4.78, 5) is 2.57. The molecule has 8 nitrogen and oxygen atoms in total. The summed E-state index contributed by atoms with van der Waals surface area (Å²) < 4.78 is 82.9. The van der Waals surface area contributed by atoms with Crippen molar-refractivity contribution in [3.05, 3.63) is 48.2 Å². The Balaban J connectivity index is 1.31. The van der Waals surface area contributed by atoms with Gasteiger partial charge in [0.2, 0.25) is 0 Å². The van der Waals surface area contributed by atoms with Gasteiger partial charge >= 0.3 is 6.18 Å². The van der Waals surface area contributed by atoms with Gasteiger partial charge in [0.05, 0.1) is 35.4 Å². The SMILES string of the molecule is COc1cc(S(C)(=O)=O)ccc1NCC#Cc1cc2c(N[C@H]3CC[C@H](N4CC[S+]([O-])CC4)CC3)cccc2n1CC(F)(F)F. The van der Waals surface area contributed by atoms with E-state index in [1.54, 1.807) is 24.3 Å². The molecule has 1 saturated heterocycles. The normalized spacial score (nSPS) is 20.2. The number of benzene rings is 2. The number of hydrogen-bond donors (Lipinski definition) is 2. The number of fused-ring (bicyclic) bond motifs is 1. The standard InChI is InChI=1S/C31H37F3N4O4S2/c1-42-30-20-25(44(2,40)41)12-13-28(30)35-14-4-5-24-19-26-27(6-3-7-29(26)38(24)21-31(32,33)34)36-22-8-10-23(11-9-22)37-15-17-43(39)18-16-37/h3,6-7,12-13,19-20,22-23,35-36H,8-11,14-18,21H2,1-2H3/t22-,23-. The quantitative estimate of drug-likeness (QED) is 0.265. The van der Waals surface area contributed by atoms with Crippen molar-refractivity contribution in [3.8, 4) is 17.6 Å². The summed E-state index contributed by atoms with van der Waals surface area (Å²) in [6.45, 7) is 0.695. The Hall–Kier alpha value is -3.05. The van der Waals surface area contributed by atoms with Gasteiger partial charge < -0.3 is 24.5 Å². The first-order valence-corrected chi connectivity index (χ1v) is 17.9. The molecule has 1 aromatic heterocycles. The molecule has 2 heterocycles. The number of alkyl halides is 3. The van der Waals surface area contributed by atoms with Crippen LogP contribution in [0.1, 0.15) is 31.4 Å². The largest absolute Gasteiger partial charge is 0.616 e. The minimum atomic E-state index is -4.43. The molecule has 1 saturated carbocycles. The molecule has 2 aromatic carbocycles. The molecule has 0 bridgehead atoms. The highest BCUT2D eigenvalue weighted by Gasteiger charge is 2.31. The second-order valence-corrected chi connectivity index (χ2v) is 15.0. The Kier molecular flexibility index (Phi) is 9.94. The fourth-order valence-electron chi connectivity index (χ4n) is 6.01. The zero-order valence-corrected chi connectivity index (χ0v) is 26.4. The number of sulfone groups is 1. The van der Waals surface area contributed by atoms with Crippen LogP contribution < -0.4 is 15.4 Å². The van der Waals surface area contributed by atoms with Crippen molar-refractivity contribution in [1.82, 2.24) is 9.47 Å². The molecule has 0 unspecified atom stereocenters. The number of hydrogen-bond acceptors (Lipinski definition) is 7. The maximum absolute atomic E-state index is 13.6. The summed E-state index contributed by atoms with van der Waals surface area (Å²) >= 11 is -0.699. The average Bonchev–Trinajstić information content (AvgIpc) is 3.32. The zero-order valence-electron chi connectivity index (χ0n) is 24.7. The number of aromatic nitrogens is 1. The first kappa shape index (κ1) is 32.3. The van der Waals surface area contributed by atoms with Gasteiger partial charge in [0.1, 0.15) is 23.8 Å². The van der Waals surface area contributed by atoms with E-state index in [9.17, 15) is 26.1 Å². The van der Waals surface area contributed by atoms with Crippen LogP contribution in [0.3, 0.4) is 0 Å². The molecule has 1 aliphatic heterocycles. The maximum Gasteiger partial charge on any atom is 0.406 e. The highest BCUT2D eigenvalue weighted by atomic mass is 32.2. The van der Waals surface area contributed by atoms with E-state index in [-0.39, 0.29) is 23.2 Å². The number of anilines is 2. The van der Waals surface area contributed by atoms with Gasteiger partial charge in [-0.15, -0.1) is 0 Å². The fourth-order valence-corrected chi connectivity index (χ4v) is 7.73. The van der Waals surface area contributed by atoms with Crippen LogP contribution in [-0.2, 0) is 27.6 Å². The van der Waals surface area contributed by atoms with Crippen LogP contribution in [0.5, 0.6) is 5.75 Å². The number of methoxy groups -OCH3 is 1. The van der Waals surface area contributed by atoms with Crippen LogP contribution in [0.4, 0.5) is 24.5 Å². The molecule has 2 fully saturated rings. The number of ether oxygens (including phenoxy) is 1. The molecule has 0 amide bonds. The van der Waals surface area contributed by atoms with Gasteiger partial charge in [-0.3, -0.25) is 4.90 Å². The first-order valence-electron chi connectivity index (χ1n) is 14.6. The van der Waals surface area contributed by atoms with E-state index >= 15 is 0 Å².